The van der Waals surface area contributed by atoms with Gasteiger partial charge in [0.2, 0.25) is 5.82 Å². The molecule has 0 atom stereocenters. The highest BCUT2D eigenvalue weighted by atomic mass is 32.1. The molecule has 3 aromatic rings. The van der Waals surface area contributed by atoms with E-state index >= 15 is 0 Å². The Morgan fingerprint density at radius 1 is 1.05 bits per heavy atom. The monoisotopic (exact) mass is 297 g/mol. The number of thiophene rings is 1. The predicted octanol–water partition coefficient (Wildman–Crippen LogP) is 3.07. The van der Waals surface area contributed by atoms with Crippen LogP contribution in [0.1, 0.15) is 23.3 Å². The van der Waals surface area contributed by atoms with Crippen LogP contribution in [0, 0.1) is 0 Å². The molecule has 4 rings (SSSR count). The molecule has 0 saturated carbocycles. The summed E-state index contributed by atoms with van der Waals surface area (Å²) in [7, 11) is 1.91. The van der Waals surface area contributed by atoms with Crippen LogP contribution in [0.2, 0.25) is 0 Å². The smallest absolute Gasteiger partial charge is 0.201 e. The summed E-state index contributed by atoms with van der Waals surface area (Å²) in [4.78, 5) is 20.3. The van der Waals surface area contributed by atoms with Crippen molar-refractivity contribution in [2.45, 2.75) is 25.7 Å². The fraction of sp³-hybridized carbons (Fsp3) is 0.333. The van der Waals surface area contributed by atoms with Gasteiger partial charge in [-0.1, -0.05) is 0 Å². The van der Waals surface area contributed by atoms with Crippen LogP contribution in [-0.4, -0.2) is 27.0 Å². The quantitative estimate of drug-likeness (QED) is 0.787. The van der Waals surface area contributed by atoms with Crippen LogP contribution in [0.4, 0.5) is 5.82 Å². The van der Waals surface area contributed by atoms with Crippen molar-refractivity contribution in [3.05, 3.63) is 28.9 Å². The summed E-state index contributed by atoms with van der Waals surface area (Å²) in [5, 5.41) is 4.41. The van der Waals surface area contributed by atoms with E-state index in [1.165, 1.54) is 28.7 Å². The van der Waals surface area contributed by atoms with Crippen LogP contribution in [-0.2, 0) is 12.8 Å². The molecule has 21 heavy (non-hydrogen) atoms. The third kappa shape index (κ3) is 2.06. The van der Waals surface area contributed by atoms with Gasteiger partial charge in [-0.15, -0.1) is 11.3 Å². The summed E-state index contributed by atoms with van der Waals surface area (Å²) in [6.07, 6.45) is 8.26. The van der Waals surface area contributed by atoms with Gasteiger partial charge in [0.15, 0.2) is 5.82 Å². The topological polar surface area (TPSA) is 63.6 Å². The van der Waals surface area contributed by atoms with Crippen LogP contribution in [0.25, 0.3) is 21.9 Å². The maximum atomic E-state index is 4.70. The maximum absolute atomic E-state index is 4.70. The van der Waals surface area contributed by atoms with E-state index < -0.39 is 0 Å². The highest BCUT2D eigenvalue weighted by Crippen LogP contribution is 2.39. The number of aromatic nitrogens is 4. The first-order chi connectivity index (χ1) is 10.4. The van der Waals surface area contributed by atoms with Crippen molar-refractivity contribution >= 4 is 27.4 Å². The van der Waals surface area contributed by atoms with E-state index in [0.717, 1.165) is 23.5 Å². The van der Waals surface area contributed by atoms with Gasteiger partial charge in [-0.2, -0.15) is 0 Å². The number of fused-ring (bicyclic) bond motifs is 3. The minimum atomic E-state index is 0.572. The molecule has 5 nitrogen and oxygen atoms in total. The zero-order valence-corrected chi connectivity index (χ0v) is 12.6. The molecule has 6 heteroatoms. The lowest BCUT2D eigenvalue weighted by Gasteiger charge is -2.11. The predicted molar refractivity (Wildman–Crippen MR) is 84.6 cm³/mol. The lowest BCUT2D eigenvalue weighted by Crippen LogP contribution is -2.02. The minimum Gasteiger partial charge on any atom is -0.372 e. The zero-order chi connectivity index (χ0) is 14.2. The van der Waals surface area contributed by atoms with E-state index in [1.807, 2.05) is 7.05 Å². The molecule has 0 radical (unpaired) electrons. The average Bonchev–Trinajstić information content (AvgIpc) is 2.93. The zero-order valence-electron chi connectivity index (χ0n) is 11.8. The fourth-order valence-electron chi connectivity index (χ4n) is 2.85. The molecule has 0 aliphatic heterocycles. The second-order valence-corrected chi connectivity index (χ2v) is 6.19. The Balaban J connectivity index is 1.96. The van der Waals surface area contributed by atoms with Crippen LogP contribution < -0.4 is 5.32 Å². The van der Waals surface area contributed by atoms with Gasteiger partial charge >= 0.3 is 0 Å². The highest BCUT2D eigenvalue weighted by Gasteiger charge is 2.21. The Kier molecular flexibility index (Phi) is 3.03. The molecule has 0 unspecified atom stereocenters. The minimum absolute atomic E-state index is 0.572. The second-order valence-electron chi connectivity index (χ2n) is 5.11. The summed E-state index contributed by atoms with van der Waals surface area (Å²) in [5.74, 6) is 2.05. The Labute approximate surface area is 126 Å². The molecule has 106 valence electrons. The first-order valence-corrected chi connectivity index (χ1v) is 7.96. The summed E-state index contributed by atoms with van der Waals surface area (Å²) >= 11 is 1.79. The first-order valence-electron chi connectivity index (χ1n) is 7.14. The van der Waals surface area contributed by atoms with E-state index in [-0.39, 0.29) is 0 Å². The van der Waals surface area contributed by atoms with Gasteiger partial charge in [-0.25, -0.2) is 19.9 Å². The molecule has 1 aliphatic rings. The summed E-state index contributed by atoms with van der Waals surface area (Å²) in [6.45, 7) is 0. The molecular weight excluding hydrogens is 282 g/mol. The number of hydrogen-bond donors (Lipinski definition) is 1. The molecule has 0 spiro atoms. The van der Waals surface area contributed by atoms with Gasteiger partial charge < -0.3 is 5.32 Å². The van der Waals surface area contributed by atoms with E-state index in [1.54, 1.807) is 29.8 Å². The molecule has 0 aromatic carbocycles. The van der Waals surface area contributed by atoms with Crippen LogP contribution in [0.15, 0.2) is 18.5 Å². The van der Waals surface area contributed by atoms with Gasteiger partial charge in [0.05, 0.1) is 5.39 Å². The van der Waals surface area contributed by atoms with Crippen LogP contribution in [0.5, 0.6) is 0 Å². The van der Waals surface area contributed by atoms with E-state index in [9.17, 15) is 0 Å². The lowest BCUT2D eigenvalue weighted by atomic mass is 9.97. The number of nitrogens with one attached hydrogen (secondary N) is 1. The molecule has 1 N–H and O–H groups in total. The molecule has 3 heterocycles. The Hall–Kier alpha value is -2.08. The van der Waals surface area contributed by atoms with Crippen LogP contribution in [0.3, 0.4) is 0 Å². The summed E-state index contributed by atoms with van der Waals surface area (Å²) < 4.78 is 0. The Bertz CT molecular complexity index is 797. The van der Waals surface area contributed by atoms with Crippen molar-refractivity contribution in [1.29, 1.82) is 0 Å². The van der Waals surface area contributed by atoms with Gasteiger partial charge in [0, 0.05) is 24.3 Å². The van der Waals surface area contributed by atoms with Crippen molar-refractivity contribution in [2.24, 2.45) is 0 Å². The Morgan fingerprint density at radius 3 is 2.67 bits per heavy atom. The number of rotatable bonds is 2. The third-order valence-corrected chi connectivity index (χ3v) is 5.00. The van der Waals surface area contributed by atoms with Crippen molar-refractivity contribution in [3.8, 4) is 11.6 Å². The normalized spacial score (nSPS) is 14.1. The standard InChI is InChI=1S/C15H15N5S/c1-16-12-11-9-5-2-3-6-10(9)21-15(11)20-14(19-12)13-17-7-4-8-18-13/h4,7-8H,2-3,5-6H2,1H3,(H,16,19,20). The number of aryl methyl sites for hydroxylation is 2. The molecule has 1 aliphatic carbocycles. The number of anilines is 1. The number of hydrogen-bond acceptors (Lipinski definition) is 6. The summed E-state index contributed by atoms with van der Waals surface area (Å²) in [5.41, 5.74) is 1.44. The molecule has 0 fully saturated rings. The highest BCUT2D eigenvalue weighted by molar-refractivity contribution is 7.19. The Morgan fingerprint density at radius 2 is 1.86 bits per heavy atom. The van der Waals surface area contributed by atoms with E-state index in [4.69, 9.17) is 4.98 Å². The fourth-order valence-corrected chi connectivity index (χ4v) is 4.11. The van der Waals surface area contributed by atoms with Gasteiger partial charge in [-0.05, 0) is 37.3 Å². The molecular formula is C15H15N5S. The van der Waals surface area contributed by atoms with Crippen molar-refractivity contribution in [1.82, 2.24) is 19.9 Å². The lowest BCUT2D eigenvalue weighted by molar-refractivity contribution is 0.700. The van der Waals surface area contributed by atoms with Crippen molar-refractivity contribution in [2.75, 3.05) is 12.4 Å². The van der Waals surface area contributed by atoms with Gasteiger partial charge in [0.1, 0.15) is 10.6 Å². The van der Waals surface area contributed by atoms with E-state index in [2.05, 4.69) is 20.3 Å². The number of nitrogens with zero attached hydrogens (tertiary/aromatic N) is 4. The SMILES string of the molecule is CNc1nc(-c2ncccn2)nc2sc3c(c12)CCCC3. The molecule has 0 saturated heterocycles. The largest absolute Gasteiger partial charge is 0.372 e. The molecule has 0 bridgehead atoms. The van der Waals surface area contributed by atoms with Gasteiger partial charge in [-0.3, -0.25) is 0 Å². The maximum Gasteiger partial charge on any atom is 0.201 e. The molecule has 0 amide bonds. The van der Waals surface area contributed by atoms with Crippen molar-refractivity contribution in [3.63, 3.8) is 0 Å². The van der Waals surface area contributed by atoms with Crippen molar-refractivity contribution < 1.29 is 0 Å². The second kappa shape index (κ2) is 5.04. The third-order valence-electron chi connectivity index (χ3n) is 3.82. The molecule has 3 aromatic heterocycles. The average molecular weight is 297 g/mol. The van der Waals surface area contributed by atoms with E-state index in [0.29, 0.717) is 11.6 Å². The summed E-state index contributed by atoms with van der Waals surface area (Å²) in [6, 6.07) is 1.80. The van der Waals surface area contributed by atoms with Gasteiger partial charge in [0.25, 0.3) is 0 Å². The van der Waals surface area contributed by atoms with Crippen LogP contribution >= 0.6 is 11.3 Å². The first kappa shape index (κ1) is 12.6.